The van der Waals surface area contributed by atoms with Crippen LogP contribution in [-0.4, -0.2) is 60.1 Å². The van der Waals surface area contributed by atoms with Crippen LogP contribution >= 0.6 is 0 Å². The van der Waals surface area contributed by atoms with E-state index in [-0.39, 0.29) is 23.7 Å². The highest BCUT2D eigenvalue weighted by Crippen LogP contribution is 2.61. The molecule has 8 nitrogen and oxygen atoms in total. The zero-order valence-corrected chi connectivity index (χ0v) is 21.7. The summed E-state index contributed by atoms with van der Waals surface area (Å²) < 4.78 is 48.1. The topological polar surface area (TPSA) is 95.3 Å². The summed E-state index contributed by atoms with van der Waals surface area (Å²) in [7, 11) is 0. The van der Waals surface area contributed by atoms with E-state index in [1.165, 1.54) is 50.4 Å². The minimum absolute atomic E-state index is 0.0372. The molecule has 39 heavy (non-hydrogen) atoms. The molecule has 4 aliphatic carbocycles. The van der Waals surface area contributed by atoms with Gasteiger partial charge in [0, 0.05) is 37.8 Å². The van der Waals surface area contributed by atoms with Gasteiger partial charge in [0.05, 0.1) is 19.4 Å². The second kappa shape index (κ2) is 10.5. The Morgan fingerprint density at radius 3 is 2.56 bits per heavy atom. The number of anilines is 2. The van der Waals surface area contributed by atoms with Gasteiger partial charge in [0.15, 0.2) is 0 Å². The molecule has 1 saturated heterocycles. The normalized spacial score (nSPS) is 30.1. The van der Waals surface area contributed by atoms with Crippen LogP contribution in [0.15, 0.2) is 30.5 Å². The quantitative estimate of drug-likeness (QED) is 0.492. The highest BCUT2D eigenvalue weighted by molar-refractivity contribution is 5.53. The molecule has 5 atom stereocenters. The standard InChI is InChI=1S/C28H33F3N6O2/c29-28(30,31)39-23-4-2-1-3-19(23)15-33-26-34-16-22(14-32)25(36-26)35-17-27-11-18-9-20(12-27)24(21(10-18)13-27)37-5-7-38-8-6-37/h1-4,16,18,20-21,24H,5-13,15,17H2,(H2,33,34,35,36)/t18?,20-,21+,24-,27+. The van der Waals surface area contributed by atoms with Gasteiger partial charge in [-0.3, -0.25) is 4.90 Å². The Balaban J connectivity index is 1.13. The molecule has 2 heterocycles. The molecular weight excluding hydrogens is 509 g/mol. The minimum Gasteiger partial charge on any atom is -0.405 e. The molecule has 11 heteroatoms. The van der Waals surface area contributed by atoms with E-state index in [1.54, 1.807) is 12.1 Å². The van der Waals surface area contributed by atoms with Crippen molar-refractivity contribution >= 4 is 11.8 Å². The van der Waals surface area contributed by atoms with Crippen LogP contribution in [0, 0.1) is 34.5 Å². The molecule has 7 rings (SSSR count). The first-order valence-corrected chi connectivity index (χ1v) is 13.7. The summed E-state index contributed by atoms with van der Waals surface area (Å²) in [5.41, 5.74) is 0.858. The van der Waals surface area contributed by atoms with Crippen LogP contribution in [0.1, 0.15) is 43.2 Å². The summed E-state index contributed by atoms with van der Waals surface area (Å²) >= 11 is 0. The van der Waals surface area contributed by atoms with E-state index in [1.807, 2.05) is 0 Å². The molecule has 2 N–H and O–H groups in total. The number of benzene rings is 1. The fraction of sp³-hybridized carbons (Fsp3) is 0.607. The fourth-order valence-electron chi connectivity index (χ4n) is 7.86. The lowest BCUT2D eigenvalue weighted by atomic mass is 9.47. The zero-order valence-electron chi connectivity index (χ0n) is 21.7. The maximum atomic E-state index is 12.8. The van der Waals surface area contributed by atoms with Gasteiger partial charge < -0.3 is 20.1 Å². The summed E-state index contributed by atoms with van der Waals surface area (Å²) in [4.78, 5) is 11.4. The van der Waals surface area contributed by atoms with Crippen molar-refractivity contribution in [2.24, 2.45) is 23.2 Å². The third kappa shape index (κ3) is 5.63. The zero-order chi connectivity index (χ0) is 27.0. The number of nitrogens with zero attached hydrogens (tertiary/aromatic N) is 4. The maximum absolute atomic E-state index is 12.8. The van der Waals surface area contributed by atoms with Crippen LogP contribution in [0.4, 0.5) is 24.9 Å². The van der Waals surface area contributed by atoms with Crippen molar-refractivity contribution in [1.82, 2.24) is 14.9 Å². The van der Waals surface area contributed by atoms with Crippen LogP contribution in [0.5, 0.6) is 5.75 Å². The Kier molecular flexibility index (Phi) is 7.02. The molecule has 4 bridgehead atoms. The Bertz CT molecular complexity index is 1210. The van der Waals surface area contributed by atoms with Crippen LogP contribution in [0.25, 0.3) is 0 Å². The molecule has 5 fully saturated rings. The molecule has 0 amide bonds. The number of aromatic nitrogens is 2. The van der Waals surface area contributed by atoms with Gasteiger partial charge >= 0.3 is 6.36 Å². The van der Waals surface area contributed by atoms with Crippen molar-refractivity contribution in [3.63, 3.8) is 0 Å². The molecule has 1 aromatic heterocycles. The molecule has 1 unspecified atom stereocenters. The number of morpholine rings is 1. The number of para-hydroxylation sites is 1. The predicted molar refractivity (Wildman–Crippen MR) is 138 cm³/mol. The monoisotopic (exact) mass is 542 g/mol. The molecular formula is C28H33F3N6O2. The van der Waals surface area contributed by atoms with Gasteiger partial charge in [0.1, 0.15) is 23.2 Å². The van der Waals surface area contributed by atoms with Crippen molar-refractivity contribution in [2.75, 3.05) is 43.5 Å². The second-order valence-electron chi connectivity index (χ2n) is 11.5. The van der Waals surface area contributed by atoms with Crippen molar-refractivity contribution < 1.29 is 22.6 Å². The molecule has 5 aliphatic rings. The summed E-state index contributed by atoms with van der Waals surface area (Å²) in [5.74, 6) is 2.58. The van der Waals surface area contributed by atoms with Crippen LogP contribution in [0.2, 0.25) is 0 Å². The first kappa shape index (κ1) is 26.1. The number of hydrogen-bond acceptors (Lipinski definition) is 8. The van der Waals surface area contributed by atoms with Gasteiger partial charge in [-0.25, -0.2) is 4.98 Å². The Hall–Kier alpha value is -3.10. The second-order valence-corrected chi connectivity index (χ2v) is 11.5. The van der Waals surface area contributed by atoms with E-state index in [9.17, 15) is 18.4 Å². The summed E-state index contributed by atoms with van der Waals surface area (Å²) in [6, 6.07) is 8.77. The highest BCUT2D eigenvalue weighted by Gasteiger charge is 2.56. The molecule has 1 aromatic carbocycles. The third-order valence-corrected chi connectivity index (χ3v) is 8.99. The molecule has 208 valence electrons. The minimum atomic E-state index is -4.78. The van der Waals surface area contributed by atoms with Gasteiger partial charge in [-0.2, -0.15) is 10.2 Å². The molecule has 4 saturated carbocycles. The van der Waals surface area contributed by atoms with Crippen LogP contribution < -0.4 is 15.4 Å². The lowest BCUT2D eigenvalue weighted by Crippen LogP contribution is -2.62. The van der Waals surface area contributed by atoms with E-state index in [2.05, 4.69) is 36.3 Å². The lowest BCUT2D eigenvalue weighted by Gasteiger charge is -2.62. The summed E-state index contributed by atoms with van der Waals surface area (Å²) in [5, 5.41) is 16.1. The lowest BCUT2D eigenvalue weighted by molar-refractivity contribution is -0.274. The van der Waals surface area contributed by atoms with Gasteiger partial charge in [-0.1, -0.05) is 18.2 Å². The first-order chi connectivity index (χ1) is 18.8. The van der Waals surface area contributed by atoms with E-state index < -0.39 is 6.36 Å². The number of hydrogen-bond donors (Lipinski definition) is 2. The fourth-order valence-corrected chi connectivity index (χ4v) is 7.86. The largest absolute Gasteiger partial charge is 0.573 e. The number of ether oxygens (including phenoxy) is 2. The van der Waals surface area contributed by atoms with Gasteiger partial charge in [0.25, 0.3) is 0 Å². The van der Waals surface area contributed by atoms with E-state index >= 15 is 0 Å². The highest BCUT2D eigenvalue weighted by atomic mass is 19.4. The maximum Gasteiger partial charge on any atom is 0.573 e. The average Bonchev–Trinajstić information content (AvgIpc) is 2.91. The number of nitriles is 1. The van der Waals surface area contributed by atoms with Gasteiger partial charge in [0.2, 0.25) is 5.95 Å². The van der Waals surface area contributed by atoms with Crippen molar-refractivity contribution in [3.05, 3.63) is 41.6 Å². The van der Waals surface area contributed by atoms with E-state index in [0.29, 0.717) is 34.8 Å². The van der Waals surface area contributed by atoms with Gasteiger partial charge in [-0.05, 0) is 61.3 Å². The SMILES string of the molecule is N#Cc1cnc(NCc2ccccc2OC(F)(F)F)nc1NC[C@@]12CC3C[C@H](C1)[C@@H](N1CCOCC1)[C@@H](C3)C2. The van der Waals surface area contributed by atoms with E-state index in [4.69, 9.17) is 4.74 Å². The molecule has 0 spiro atoms. The smallest absolute Gasteiger partial charge is 0.405 e. The van der Waals surface area contributed by atoms with Crippen LogP contribution in [0.3, 0.4) is 0 Å². The van der Waals surface area contributed by atoms with Gasteiger partial charge in [-0.15, -0.1) is 13.2 Å². The molecule has 2 aromatic rings. The van der Waals surface area contributed by atoms with Crippen molar-refractivity contribution in [3.8, 4) is 11.8 Å². The Labute approximate surface area is 225 Å². The Morgan fingerprint density at radius 1 is 1.10 bits per heavy atom. The van der Waals surface area contributed by atoms with Crippen molar-refractivity contribution in [2.45, 2.75) is 51.1 Å². The number of rotatable bonds is 8. The third-order valence-electron chi connectivity index (χ3n) is 8.99. The molecule has 1 aliphatic heterocycles. The van der Waals surface area contributed by atoms with Crippen LogP contribution in [-0.2, 0) is 11.3 Å². The molecule has 0 radical (unpaired) electrons. The predicted octanol–water partition coefficient (Wildman–Crippen LogP) is 4.80. The number of nitrogens with one attached hydrogen (secondary N) is 2. The number of alkyl halides is 3. The van der Waals surface area contributed by atoms with E-state index in [0.717, 1.165) is 38.8 Å². The summed E-state index contributed by atoms with van der Waals surface area (Å²) in [6.45, 7) is 4.50. The number of halogens is 3. The Morgan fingerprint density at radius 2 is 1.85 bits per heavy atom. The average molecular weight is 543 g/mol. The summed E-state index contributed by atoms with van der Waals surface area (Å²) in [6.07, 6.45) is 2.86. The van der Waals surface area contributed by atoms with Crippen molar-refractivity contribution in [1.29, 1.82) is 5.26 Å². The first-order valence-electron chi connectivity index (χ1n) is 13.7.